The monoisotopic (exact) mass is 641 g/mol. The Morgan fingerprint density at radius 2 is 1.91 bits per heavy atom. The normalized spacial score (nSPS) is 25.4. The number of anilines is 1. The predicted octanol–water partition coefficient (Wildman–Crippen LogP) is 3.20. The molecule has 4 atom stereocenters. The van der Waals surface area contributed by atoms with E-state index in [0.717, 1.165) is 19.4 Å². The second-order valence-electron chi connectivity index (χ2n) is 12.9. The molecule has 2 aromatic carbocycles. The Morgan fingerprint density at radius 3 is 2.66 bits per heavy atom. The van der Waals surface area contributed by atoms with Crippen LogP contribution in [0.1, 0.15) is 30.4 Å². The number of rotatable bonds is 5. The maximum absolute atomic E-state index is 14.9. The molecular weight excluding hydrogens is 612 g/mol. The molecule has 0 bridgehead atoms. The van der Waals surface area contributed by atoms with Gasteiger partial charge in [0.2, 0.25) is 11.8 Å². The smallest absolute Gasteiger partial charge is 0.349 e. The van der Waals surface area contributed by atoms with E-state index in [4.69, 9.17) is 15.6 Å². The molecule has 4 aromatic rings. The topological polar surface area (TPSA) is 138 Å². The third-order valence-corrected chi connectivity index (χ3v) is 10.2. The Labute approximate surface area is 266 Å². The average Bonchev–Trinajstić information content (AvgIpc) is 3.78. The van der Waals surface area contributed by atoms with Crippen molar-refractivity contribution in [2.24, 2.45) is 11.8 Å². The molecule has 0 spiro atoms. The standard InChI is InChI=1S/C34H29F2N5O6/c1-3-20-24(36)6-5-17-9-19(42)10-21(25(17)20)28-16(2)27-26(32(45)47-28)29(40-13-22-23(14-40)31(44)39-30(22)43)38-33(37-27)46-15-34-7-4-8-41(34)12-18(35)11-34/h1,5-6,9-10,18,22-23,42H,4,7-8,11-15H2,2H3,(H,39,43,44)/t18-,22?,23?,34+/m1/s1. The molecule has 4 aliphatic rings. The van der Waals surface area contributed by atoms with Gasteiger partial charge in [0.15, 0.2) is 5.82 Å². The summed E-state index contributed by atoms with van der Waals surface area (Å²) in [7, 11) is 0. The van der Waals surface area contributed by atoms with Crippen molar-refractivity contribution >= 4 is 39.3 Å². The van der Waals surface area contributed by atoms with Crippen LogP contribution in [0.3, 0.4) is 0 Å². The minimum Gasteiger partial charge on any atom is -0.508 e. The van der Waals surface area contributed by atoms with Crippen molar-refractivity contribution in [1.82, 2.24) is 20.2 Å². The Bertz CT molecular complexity index is 2120. The van der Waals surface area contributed by atoms with E-state index < -0.39 is 46.8 Å². The van der Waals surface area contributed by atoms with E-state index in [9.17, 15) is 28.3 Å². The van der Waals surface area contributed by atoms with Gasteiger partial charge in [-0.25, -0.2) is 13.6 Å². The van der Waals surface area contributed by atoms with Crippen LogP contribution in [0.4, 0.5) is 14.6 Å². The molecule has 2 aromatic heterocycles. The average molecular weight is 642 g/mol. The maximum Gasteiger partial charge on any atom is 0.349 e. The van der Waals surface area contributed by atoms with Crippen LogP contribution in [0.2, 0.25) is 0 Å². The third-order valence-electron chi connectivity index (χ3n) is 10.2. The van der Waals surface area contributed by atoms with E-state index >= 15 is 0 Å². The van der Waals surface area contributed by atoms with Crippen molar-refractivity contribution in [2.45, 2.75) is 37.9 Å². The van der Waals surface area contributed by atoms with Crippen LogP contribution in [0, 0.1) is 36.9 Å². The number of benzene rings is 2. The van der Waals surface area contributed by atoms with E-state index in [1.165, 1.54) is 24.3 Å². The van der Waals surface area contributed by atoms with Crippen molar-refractivity contribution in [1.29, 1.82) is 0 Å². The number of aromatic hydroxyl groups is 1. The minimum atomic E-state index is -0.969. The number of aryl methyl sites for hydroxylation is 1. The summed E-state index contributed by atoms with van der Waals surface area (Å²) in [6.07, 6.45) is 6.71. The highest BCUT2D eigenvalue weighted by molar-refractivity contribution is 6.07. The number of terminal acetylenes is 1. The first kappa shape index (κ1) is 29.3. The van der Waals surface area contributed by atoms with Gasteiger partial charge in [0.05, 0.1) is 28.5 Å². The van der Waals surface area contributed by atoms with E-state index in [1.807, 2.05) is 0 Å². The largest absolute Gasteiger partial charge is 0.508 e. The van der Waals surface area contributed by atoms with Gasteiger partial charge in [0.1, 0.15) is 35.5 Å². The van der Waals surface area contributed by atoms with Crippen molar-refractivity contribution in [2.75, 3.05) is 37.7 Å². The molecule has 240 valence electrons. The number of fused-ring (bicyclic) bond motifs is 4. The number of aromatic nitrogens is 2. The lowest BCUT2D eigenvalue weighted by atomic mass is 9.95. The molecule has 47 heavy (non-hydrogen) atoms. The number of halogens is 2. The van der Waals surface area contributed by atoms with E-state index in [2.05, 4.69) is 26.1 Å². The summed E-state index contributed by atoms with van der Waals surface area (Å²) >= 11 is 0. The second-order valence-corrected chi connectivity index (χ2v) is 12.9. The number of hydrogen-bond donors (Lipinski definition) is 2. The third kappa shape index (κ3) is 4.46. The highest BCUT2D eigenvalue weighted by Crippen LogP contribution is 2.42. The van der Waals surface area contributed by atoms with Crippen LogP contribution in [-0.4, -0.2) is 76.3 Å². The quantitative estimate of drug-likeness (QED) is 0.247. The van der Waals surface area contributed by atoms with Crippen molar-refractivity contribution < 1.29 is 32.6 Å². The number of amides is 2. The second kappa shape index (κ2) is 10.5. The zero-order valence-corrected chi connectivity index (χ0v) is 25.3. The molecule has 11 nitrogen and oxygen atoms in total. The molecule has 4 fully saturated rings. The first-order chi connectivity index (χ1) is 22.6. The Balaban J connectivity index is 1.31. The van der Waals surface area contributed by atoms with E-state index in [-0.39, 0.29) is 70.5 Å². The van der Waals surface area contributed by atoms with Crippen LogP contribution >= 0.6 is 0 Å². The molecule has 2 N–H and O–H groups in total. The number of imide groups is 1. The summed E-state index contributed by atoms with van der Waals surface area (Å²) in [6.45, 7) is 3.13. The fraction of sp³-hybridized carbons (Fsp3) is 0.382. The Morgan fingerprint density at radius 1 is 1.15 bits per heavy atom. The zero-order chi connectivity index (χ0) is 32.8. The lowest BCUT2D eigenvalue weighted by molar-refractivity contribution is -0.126. The van der Waals surface area contributed by atoms with Gasteiger partial charge in [-0.15, -0.1) is 6.42 Å². The molecule has 4 aliphatic heterocycles. The summed E-state index contributed by atoms with van der Waals surface area (Å²) in [5, 5.41) is 13.6. The first-order valence-electron chi connectivity index (χ1n) is 15.5. The highest BCUT2D eigenvalue weighted by Gasteiger charge is 2.50. The number of phenols is 1. The number of nitrogens with one attached hydrogen (secondary N) is 1. The molecule has 8 rings (SSSR count). The summed E-state index contributed by atoms with van der Waals surface area (Å²) < 4.78 is 41.5. The number of ether oxygens (including phenoxy) is 1. The first-order valence-corrected chi connectivity index (χ1v) is 15.5. The van der Waals surface area contributed by atoms with Gasteiger partial charge in [-0.3, -0.25) is 19.8 Å². The summed E-state index contributed by atoms with van der Waals surface area (Å²) in [5.74, 6) is -0.335. The number of carbonyl (C=O) groups is 2. The number of hydrogen-bond acceptors (Lipinski definition) is 10. The Hall–Kier alpha value is -5.09. The van der Waals surface area contributed by atoms with Crippen molar-refractivity contribution in [3.8, 4) is 35.4 Å². The van der Waals surface area contributed by atoms with E-state index in [0.29, 0.717) is 23.9 Å². The van der Waals surface area contributed by atoms with Crippen molar-refractivity contribution in [3.05, 3.63) is 51.6 Å². The van der Waals surface area contributed by atoms with Gasteiger partial charge in [-0.1, -0.05) is 12.0 Å². The van der Waals surface area contributed by atoms with Gasteiger partial charge in [0, 0.05) is 42.6 Å². The van der Waals surface area contributed by atoms with Gasteiger partial charge in [-0.2, -0.15) is 9.97 Å². The summed E-state index contributed by atoms with van der Waals surface area (Å²) in [6, 6.07) is 5.36. The van der Waals surface area contributed by atoms with Gasteiger partial charge < -0.3 is 19.2 Å². The van der Waals surface area contributed by atoms with Crippen LogP contribution in [0.15, 0.2) is 33.5 Å². The fourth-order valence-corrected chi connectivity index (χ4v) is 7.97. The summed E-state index contributed by atoms with van der Waals surface area (Å²) in [4.78, 5) is 51.9. The molecule has 13 heteroatoms. The number of phenolic OH excluding ortho intramolecular Hbond substituents is 1. The lowest BCUT2D eigenvalue weighted by Crippen LogP contribution is -2.43. The molecular formula is C34H29F2N5O6. The lowest BCUT2D eigenvalue weighted by Gasteiger charge is -2.31. The van der Waals surface area contributed by atoms with Crippen LogP contribution in [0.25, 0.3) is 33.0 Å². The number of alkyl halides is 1. The van der Waals surface area contributed by atoms with E-state index in [1.54, 1.807) is 11.8 Å². The highest BCUT2D eigenvalue weighted by atomic mass is 19.1. The van der Waals surface area contributed by atoms with Gasteiger partial charge in [-0.05, 0) is 49.9 Å². The predicted molar refractivity (Wildman–Crippen MR) is 166 cm³/mol. The van der Waals surface area contributed by atoms with Crippen molar-refractivity contribution in [3.63, 3.8) is 0 Å². The molecule has 2 unspecified atom stereocenters. The molecule has 2 amide bonds. The molecule has 0 aliphatic carbocycles. The summed E-state index contributed by atoms with van der Waals surface area (Å²) in [5.41, 5.74) is -0.701. The molecule has 0 radical (unpaired) electrons. The SMILES string of the molecule is C#Cc1c(F)ccc2cc(O)cc(-c3oc(=O)c4c(N5CC6C(=O)NC(=O)C6C5)nc(OC[C@@]56CCCN5C[C@H](F)C6)nc4c3C)c12. The molecule has 6 heterocycles. The van der Waals surface area contributed by atoms with Crippen LogP contribution in [0.5, 0.6) is 11.8 Å². The van der Waals surface area contributed by atoms with Crippen LogP contribution in [-0.2, 0) is 9.59 Å². The number of carbonyl (C=O) groups excluding carboxylic acids is 2. The Kier molecular flexibility index (Phi) is 6.53. The maximum atomic E-state index is 14.9. The molecule has 0 saturated carbocycles. The fourth-order valence-electron chi connectivity index (χ4n) is 7.97. The molecule has 4 saturated heterocycles. The minimum absolute atomic E-state index is 0.00425. The number of nitrogens with zero attached hydrogens (tertiary/aromatic N) is 4. The zero-order valence-electron chi connectivity index (χ0n) is 25.3. The van der Waals surface area contributed by atoms with Gasteiger partial charge in [0.25, 0.3) is 0 Å². The van der Waals surface area contributed by atoms with Crippen LogP contribution < -0.4 is 20.6 Å². The van der Waals surface area contributed by atoms with Gasteiger partial charge >= 0.3 is 11.6 Å².